The Hall–Kier alpha value is 1.13. The van der Waals surface area contributed by atoms with Crippen molar-refractivity contribution in [3.8, 4) is 0 Å². The van der Waals surface area contributed by atoms with E-state index in [2.05, 4.69) is 53.5 Å². The summed E-state index contributed by atoms with van der Waals surface area (Å²) in [6, 6.07) is 4.27. The Morgan fingerprint density at radius 2 is 1.27 bits per heavy atom. The summed E-state index contributed by atoms with van der Waals surface area (Å²) in [5.41, 5.74) is 1.53. The Labute approximate surface area is 232 Å². The van der Waals surface area contributed by atoms with Gasteiger partial charge in [-0.1, -0.05) is 85.5 Å². The molecule has 0 atom stereocenters. The van der Waals surface area contributed by atoms with Crippen LogP contribution in [0.15, 0.2) is 38.1 Å². The molecule has 0 fully saturated rings. The van der Waals surface area contributed by atoms with Crippen LogP contribution in [-0.4, -0.2) is 23.1 Å². The molecule has 0 amide bonds. The van der Waals surface area contributed by atoms with Crippen LogP contribution in [0, 0.1) is 6.92 Å². The van der Waals surface area contributed by atoms with Crippen LogP contribution in [0.3, 0.4) is 0 Å². The van der Waals surface area contributed by atoms with E-state index in [-0.39, 0.29) is 47.5 Å². The molecule has 0 saturated carbocycles. The van der Waals surface area contributed by atoms with Crippen LogP contribution in [0.2, 0.25) is 0 Å². The number of thiophene rings is 2. The summed E-state index contributed by atoms with van der Waals surface area (Å²) in [5, 5.41) is 8.52. The summed E-state index contributed by atoms with van der Waals surface area (Å²) in [6.45, 7) is 8.29. The Balaban J connectivity index is -0.000000173. The van der Waals surface area contributed by atoms with Crippen molar-refractivity contribution in [1.29, 1.82) is 0 Å². The second-order valence-electron chi connectivity index (χ2n) is 6.86. The summed E-state index contributed by atoms with van der Waals surface area (Å²) in [6.07, 6.45) is 17.7. The minimum absolute atomic E-state index is 0. The monoisotopic (exact) mass is 590 g/mol. The maximum Gasteiger partial charge on any atom is 2.00 e. The topological polar surface area (TPSA) is 0 Å². The Kier molecular flexibility index (Phi) is 41.3. The molecule has 2 rings (SSSR count). The number of unbranched alkanes of at least 4 members (excludes halogenated alkanes) is 10. The molecule has 0 aliphatic heterocycles. The van der Waals surface area contributed by atoms with Gasteiger partial charge in [0, 0.05) is 9.85 Å². The Morgan fingerprint density at radius 1 is 0.767 bits per heavy atom. The van der Waals surface area contributed by atoms with E-state index < -0.39 is 0 Å². The van der Waals surface area contributed by atoms with Crippen LogP contribution < -0.4 is 17.0 Å². The van der Waals surface area contributed by atoms with Crippen molar-refractivity contribution in [2.45, 2.75) is 105 Å². The van der Waals surface area contributed by atoms with Gasteiger partial charge in [-0.05, 0) is 62.6 Å². The molecule has 0 aliphatic rings. The predicted molar refractivity (Wildman–Crippen MR) is 145 cm³/mol. The van der Waals surface area contributed by atoms with Gasteiger partial charge in [0.2, 0.25) is 0 Å². The van der Waals surface area contributed by atoms with Crippen LogP contribution in [-0.2, 0) is 6.42 Å². The van der Waals surface area contributed by atoms with Gasteiger partial charge in [0.1, 0.15) is 0 Å². The standard InChI is InChI=1S/C12H20S.C8H17.C4H3BrS.CH4.BrH.Mg/c1-2-3-4-5-6-7-8-12-9-10-13-11-12;1-3-5-7-8-6-4-2;5-4-1-2-6-3-4;;;/h9-11H,2-8H2,1H3;1,3-8H2,2H3;1-3H;1H4;1H;/q;-1;;;;+2/p-1. The van der Waals surface area contributed by atoms with Gasteiger partial charge in [0.15, 0.2) is 0 Å². The first-order valence-corrected chi connectivity index (χ1v) is 13.4. The van der Waals surface area contributed by atoms with Crippen LogP contribution in [0.1, 0.15) is 104 Å². The van der Waals surface area contributed by atoms with Gasteiger partial charge in [-0.15, -0.1) is 0 Å². The Morgan fingerprint density at radius 3 is 1.67 bits per heavy atom. The Bertz CT molecular complexity index is 467. The normalized spacial score (nSPS) is 8.93. The predicted octanol–water partition coefficient (Wildman–Crippen LogP) is 7.60. The molecule has 0 nitrogen and oxygen atoms in total. The zero-order valence-corrected chi connectivity index (χ0v) is 24.9. The molecule has 172 valence electrons. The maximum absolute atomic E-state index is 3.78. The molecule has 30 heavy (non-hydrogen) atoms. The van der Waals surface area contributed by atoms with Gasteiger partial charge in [0.05, 0.1) is 0 Å². The molecule has 0 saturated heterocycles. The molecule has 2 heterocycles. The maximum atomic E-state index is 3.78. The molecule has 2 aromatic rings. The van der Waals surface area contributed by atoms with Crippen LogP contribution in [0.4, 0.5) is 0 Å². The first-order valence-electron chi connectivity index (χ1n) is 10.7. The van der Waals surface area contributed by atoms with Gasteiger partial charge >= 0.3 is 23.1 Å². The van der Waals surface area contributed by atoms with Crippen LogP contribution in [0.5, 0.6) is 0 Å². The van der Waals surface area contributed by atoms with E-state index in [9.17, 15) is 0 Å². The molecule has 0 spiro atoms. The summed E-state index contributed by atoms with van der Waals surface area (Å²) < 4.78 is 1.17. The second kappa shape index (κ2) is 32.3. The second-order valence-corrected chi connectivity index (χ2v) is 9.33. The van der Waals surface area contributed by atoms with E-state index in [1.165, 1.54) is 87.1 Å². The van der Waals surface area contributed by atoms with Crippen molar-refractivity contribution in [1.82, 2.24) is 0 Å². The number of hydrogen-bond donors (Lipinski definition) is 0. The fraction of sp³-hybridized carbons (Fsp3) is 0.640. The summed E-state index contributed by atoms with van der Waals surface area (Å²) >= 11 is 6.80. The first kappa shape index (κ1) is 38.4. The van der Waals surface area contributed by atoms with Gasteiger partial charge in [-0.25, -0.2) is 0 Å². The van der Waals surface area contributed by atoms with Crippen molar-refractivity contribution in [2.24, 2.45) is 0 Å². The summed E-state index contributed by atoms with van der Waals surface area (Å²) in [4.78, 5) is 0. The van der Waals surface area contributed by atoms with Crippen LogP contribution >= 0.6 is 38.6 Å². The molecule has 0 radical (unpaired) electrons. The third kappa shape index (κ3) is 29.1. The molecular formula is C25H44Br2MgS2. The average molecular weight is 593 g/mol. The van der Waals surface area contributed by atoms with E-state index in [1.807, 2.05) is 28.2 Å². The molecular weight excluding hydrogens is 549 g/mol. The van der Waals surface area contributed by atoms with E-state index >= 15 is 0 Å². The average Bonchev–Trinajstić information content (AvgIpc) is 3.37. The molecule has 0 aliphatic carbocycles. The number of aryl methyl sites for hydroxylation is 1. The van der Waals surface area contributed by atoms with Gasteiger partial charge in [-0.3, -0.25) is 0 Å². The molecule has 0 unspecified atom stereocenters. The van der Waals surface area contributed by atoms with Crippen LogP contribution in [0.25, 0.3) is 0 Å². The molecule has 2 aromatic heterocycles. The SMILES string of the molecule is Brc1ccsc1.C.CCCCCCCCc1ccsc1.[Br-].[CH2-]CCCCCCC.[Mg+2]. The number of hydrogen-bond acceptors (Lipinski definition) is 2. The van der Waals surface area contributed by atoms with Crippen molar-refractivity contribution in [3.63, 3.8) is 0 Å². The quantitative estimate of drug-likeness (QED) is 0.135. The molecule has 5 heteroatoms. The van der Waals surface area contributed by atoms with Crippen molar-refractivity contribution >= 4 is 61.7 Å². The zero-order chi connectivity index (χ0) is 20.0. The number of rotatable bonds is 12. The van der Waals surface area contributed by atoms with E-state index in [0.29, 0.717) is 0 Å². The first-order chi connectivity index (χ1) is 13.2. The van der Waals surface area contributed by atoms with Gasteiger partial charge < -0.3 is 23.9 Å². The van der Waals surface area contributed by atoms with E-state index in [4.69, 9.17) is 0 Å². The van der Waals surface area contributed by atoms with Crippen molar-refractivity contribution < 1.29 is 17.0 Å². The van der Waals surface area contributed by atoms with Crippen molar-refractivity contribution in [2.75, 3.05) is 0 Å². The molecule has 0 aromatic carbocycles. The van der Waals surface area contributed by atoms with Gasteiger partial charge in [0.25, 0.3) is 0 Å². The van der Waals surface area contributed by atoms with Crippen molar-refractivity contribution in [3.05, 3.63) is 50.6 Å². The minimum Gasteiger partial charge on any atom is -1.00 e. The molecule has 0 N–H and O–H groups in total. The molecule has 0 bridgehead atoms. The minimum atomic E-state index is 0. The smallest absolute Gasteiger partial charge is 1.00 e. The van der Waals surface area contributed by atoms with E-state index in [0.717, 1.165) is 6.42 Å². The van der Waals surface area contributed by atoms with E-state index in [1.54, 1.807) is 11.3 Å². The fourth-order valence-electron chi connectivity index (χ4n) is 2.57. The van der Waals surface area contributed by atoms with Gasteiger partial charge in [-0.2, -0.15) is 29.1 Å². The third-order valence-corrected chi connectivity index (χ3v) is 6.45. The summed E-state index contributed by atoms with van der Waals surface area (Å²) in [5.74, 6) is 0. The number of halogens is 2. The fourth-order valence-corrected chi connectivity index (χ4v) is 4.42. The zero-order valence-electron chi connectivity index (χ0n) is 18.6. The summed E-state index contributed by atoms with van der Waals surface area (Å²) in [7, 11) is 0. The third-order valence-electron chi connectivity index (χ3n) is 4.24. The largest absolute Gasteiger partial charge is 2.00 e.